The van der Waals surface area contributed by atoms with E-state index in [0.717, 1.165) is 21.9 Å². The van der Waals surface area contributed by atoms with Crippen molar-refractivity contribution in [3.63, 3.8) is 0 Å². The first-order valence-corrected chi connectivity index (χ1v) is 8.88. The lowest BCUT2D eigenvalue weighted by atomic mass is 9.95. The van der Waals surface area contributed by atoms with Crippen LogP contribution < -0.4 is 5.63 Å². The monoisotopic (exact) mass is 368 g/mol. The number of carboxylic acid groups (broad SMARTS) is 1. The van der Waals surface area contributed by atoms with Crippen molar-refractivity contribution in [1.82, 2.24) is 9.80 Å². The summed E-state index contributed by atoms with van der Waals surface area (Å²) in [5.74, 6) is 0. The van der Waals surface area contributed by atoms with Crippen molar-refractivity contribution in [2.24, 2.45) is 0 Å². The quantitative estimate of drug-likeness (QED) is 0.549. The summed E-state index contributed by atoms with van der Waals surface area (Å²) in [6, 6.07) is 11.5. The summed E-state index contributed by atoms with van der Waals surface area (Å²) in [4.78, 5) is 26.9. The van der Waals surface area contributed by atoms with Gasteiger partial charge in [0.15, 0.2) is 0 Å². The van der Waals surface area contributed by atoms with Gasteiger partial charge >= 0.3 is 11.7 Å². The largest absolute Gasteiger partial charge is 0.465 e. The van der Waals surface area contributed by atoms with Gasteiger partial charge in [0.2, 0.25) is 0 Å². The van der Waals surface area contributed by atoms with E-state index < -0.39 is 6.09 Å². The smallest absolute Gasteiger partial charge is 0.407 e. The summed E-state index contributed by atoms with van der Waals surface area (Å²) in [7, 11) is 5.53. The number of hydrogen-bond donors (Lipinski definition) is 1. The molecule has 1 atom stereocenters. The van der Waals surface area contributed by atoms with E-state index in [0.29, 0.717) is 23.9 Å². The first kappa shape index (κ1) is 18.9. The lowest BCUT2D eigenvalue weighted by Gasteiger charge is -2.22. The Morgan fingerprint density at radius 3 is 2.44 bits per heavy atom. The molecule has 0 unspecified atom stereocenters. The van der Waals surface area contributed by atoms with E-state index >= 15 is 0 Å². The van der Waals surface area contributed by atoms with Crippen molar-refractivity contribution in [3.05, 3.63) is 57.9 Å². The molecule has 2 aromatic carbocycles. The molecule has 1 amide bonds. The highest BCUT2D eigenvalue weighted by Crippen LogP contribution is 2.31. The number of likely N-dealkylation sites (N-methyl/N-ethyl adjacent to an activating group) is 1. The summed E-state index contributed by atoms with van der Waals surface area (Å²) < 4.78 is 5.64. The van der Waals surface area contributed by atoms with Gasteiger partial charge in [0.05, 0.1) is 5.39 Å². The third kappa shape index (κ3) is 3.66. The van der Waals surface area contributed by atoms with Crippen molar-refractivity contribution < 1.29 is 14.3 Å². The van der Waals surface area contributed by atoms with Gasteiger partial charge in [-0.05, 0) is 50.7 Å². The zero-order valence-electron chi connectivity index (χ0n) is 16.0. The third-order valence-electron chi connectivity index (χ3n) is 5.13. The molecular formula is C21H24N2O4. The summed E-state index contributed by atoms with van der Waals surface area (Å²) in [6.45, 7) is 2.44. The fraction of sp³-hybridized carbons (Fsp3) is 0.333. The Labute approximate surface area is 157 Å². The molecule has 3 rings (SSSR count). The van der Waals surface area contributed by atoms with Crippen LogP contribution in [0.25, 0.3) is 21.7 Å². The molecular weight excluding hydrogens is 344 g/mol. The zero-order valence-corrected chi connectivity index (χ0v) is 16.0. The molecule has 0 aliphatic rings. The molecule has 0 fully saturated rings. The Bertz CT molecular complexity index is 1060. The van der Waals surface area contributed by atoms with Crippen LogP contribution in [0.1, 0.15) is 24.1 Å². The summed E-state index contributed by atoms with van der Waals surface area (Å²) >= 11 is 0. The maximum Gasteiger partial charge on any atom is 0.407 e. The number of nitrogens with zero attached hydrogens (tertiary/aromatic N) is 2. The highest BCUT2D eigenvalue weighted by molar-refractivity contribution is 6.06. The molecule has 142 valence electrons. The predicted molar refractivity (Wildman–Crippen MR) is 106 cm³/mol. The molecule has 0 saturated carbocycles. The fourth-order valence-corrected chi connectivity index (χ4v) is 3.24. The van der Waals surface area contributed by atoms with E-state index in [1.54, 1.807) is 13.1 Å². The summed E-state index contributed by atoms with van der Waals surface area (Å²) in [5, 5.41) is 11.4. The van der Waals surface area contributed by atoms with Crippen LogP contribution in [0.3, 0.4) is 0 Å². The molecule has 0 spiro atoms. The molecule has 27 heavy (non-hydrogen) atoms. The highest BCUT2D eigenvalue weighted by Gasteiger charge is 2.17. The lowest BCUT2D eigenvalue weighted by Crippen LogP contribution is -2.27. The van der Waals surface area contributed by atoms with Crippen molar-refractivity contribution >= 4 is 27.8 Å². The van der Waals surface area contributed by atoms with E-state index in [9.17, 15) is 9.59 Å². The maximum atomic E-state index is 12.4. The molecule has 0 bridgehead atoms. The number of hydrogen-bond acceptors (Lipinski definition) is 4. The van der Waals surface area contributed by atoms with Gasteiger partial charge in [-0.25, -0.2) is 9.59 Å². The van der Waals surface area contributed by atoms with Crippen LogP contribution in [-0.4, -0.2) is 48.7 Å². The van der Waals surface area contributed by atoms with Crippen LogP contribution in [0.15, 0.2) is 45.6 Å². The van der Waals surface area contributed by atoms with Gasteiger partial charge < -0.3 is 19.3 Å². The molecule has 0 aliphatic carbocycles. The third-order valence-corrected chi connectivity index (χ3v) is 5.13. The van der Waals surface area contributed by atoms with Crippen LogP contribution in [0.2, 0.25) is 0 Å². The van der Waals surface area contributed by atoms with Crippen molar-refractivity contribution in [3.8, 4) is 0 Å². The molecule has 0 saturated heterocycles. The Morgan fingerprint density at radius 2 is 1.81 bits per heavy atom. The number of amides is 1. The van der Waals surface area contributed by atoms with Gasteiger partial charge in [-0.3, -0.25) is 0 Å². The second-order valence-electron chi connectivity index (χ2n) is 7.08. The SMILES string of the molecule is C[C@H](c1cc(CCN(C)C(=O)O)c2c(c1)oc(=O)c1ccccc12)N(C)C. The highest BCUT2D eigenvalue weighted by atomic mass is 16.4. The molecule has 1 N–H and O–H groups in total. The van der Waals surface area contributed by atoms with E-state index in [1.807, 2.05) is 38.4 Å². The van der Waals surface area contributed by atoms with Crippen LogP contribution in [-0.2, 0) is 6.42 Å². The fourth-order valence-electron chi connectivity index (χ4n) is 3.24. The topological polar surface area (TPSA) is 74.0 Å². The molecule has 0 radical (unpaired) electrons. The van der Waals surface area contributed by atoms with Gasteiger partial charge in [-0.15, -0.1) is 0 Å². The first-order chi connectivity index (χ1) is 12.8. The minimum absolute atomic E-state index is 0.127. The van der Waals surface area contributed by atoms with E-state index in [1.165, 1.54) is 4.90 Å². The van der Waals surface area contributed by atoms with E-state index in [4.69, 9.17) is 9.52 Å². The average Bonchev–Trinajstić information content (AvgIpc) is 2.64. The Morgan fingerprint density at radius 1 is 1.15 bits per heavy atom. The molecule has 6 heteroatoms. The number of rotatable bonds is 5. The number of benzene rings is 2. The molecule has 1 heterocycles. The lowest BCUT2D eigenvalue weighted by molar-refractivity contribution is 0.156. The van der Waals surface area contributed by atoms with E-state index in [2.05, 4.69) is 17.9 Å². The van der Waals surface area contributed by atoms with Crippen LogP contribution in [0, 0.1) is 0 Å². The van der Waals surface area contributed by atoms with Gasteiger partial charge in [0.25, 0.3) is 0 Å². The molecule has 6 nitrogen and oxygen atoms in total. The van der Waals surface area contributed by atoms with Gasteiger partial charge in [-0.2, -0.15) is 0 Å². The number of carbonyl (C=O) groups is 1. The Kier molecular flexibility index (Phi) is 5.19. The maximum absolute atomic E-state index is 12.4. The van der Waals surface area contributed by atoms with Crippen molar-refractivity contribution in [2.45, 2.75) is 19.4 Å². The number of fused-ring (bicyclic) bond motifs is 3. The minimum atomic E-state index is -0.964. The first-order valence-electron chi connectivity index (χ1n) is 8.88. The van der Waals surface area contributed by atoms with Crippen LogP contribution >= 0.6 is 0 Å². The molecule has 1 aromatic heterocycles. The Balaban J connectivity index is 2.25. The normalized spacial score (nSPS) is 12.6. The van der Waals surface area contributed by atoms with Gasteiger partial charge in [-0.1, -0.05) is 24.3 Å². The van der Waals surface area contributed by atoms with Gasteiger partial charge in [0, 0.05) is 30.4 Å². The Hall–Kier alpha value is -2.86. The zero-order chi connectivity index (χ0) is 19.7. The van der Waals surface area contributed by atoms with Crippen LogP contribution in [0.5, 0.6) is 0 Å². The van der Waals surface area contributed by atoms with Crippen LogP contribution in [0.4, 0.5) is 4.79 Å². The van der Waals surface area contributed by atoms with Crippen molar-refractivity contribution in [2.75, 3.05) is 27.7 Å². The van der Waals surface area contributed by atoms with E-state index in [-0.39, 0.29) is 11.7 Å². The summed E-state index contributed by atoms with van der Waals surface area (Å²) in [5.41, 5.74) is 2.18. The average molecular weight is 368 g/mol. The summed E-state index contributed by atoms with van der Waals surface area (Å²) in [6.07, 6.45) is -0.432. The predicted octanol–water partition coefficient (Wildman–Crippen LogP) is 3.72. The second-order valence-corrected chi connectivity index (χ2v) is 7.08. The minimum Gasteiger partial charge on any atom is -0.465 e. The molecule has 0 aliphatic heterocycles. The van der Waals surface area contributed by atoms with Crippen molar-refractivity contribution in [1.29, 1.82) is 0 Å². The molecule has 3 aromatic rings. The standard InChI is InChI=1S/C21H24N2O4/c1-13(22(2)3)15-11-14(9-10-23(4)21(25)26)19-16-7-5-6-8-17(16)20(24)27-18(19)12-15/h5-8,11-13H,9-10H2,1-4H3,(H,25,26)/t13-/m1/s1. The second kappa shape index (κ2) is 7.40. The van der Waals surface area contributed by atoms with Gasteiger partial charge in [0.1, 0.15) is 5.58 Å².